The van der Waals surface area contributed by atoms with E-state index in [1.54, 1.807) is 39.0 Å². The molecular formula is C12H16N2O3. The fourth-order valence-corrected chi connectivity index (χ4v) is 1.85. The van der Waals surface area contributed by atoms with Gasteiger partial charge in [0.25, 0.3) is 0 Å². The molecule has 1 amide bonds. The number of carbonyl (C=O) groups excluding carboxylic acids is 2. The normalized spacial score (nSPS) is 27.2. The molecule has 0 aromatic carbocycles. The standard InChI is InChI=1S/C12H16N2O3/c1-12(2,3)17-11(16)8-6-4-5-7-9(13)10(15)14(7)8/h4-7,9H,13H2,1-3H3/t7-,9-/m0/s1. The molecule has 2 heterocycles. The Balaban J connectivity index is 2.17. The molecule has 1 fully saturated rings. The Kier molecular flexibility index (Phi) is 2.58. The summed E-state index contributed by atoms with van der Waals surface area (Å²) in [7, 11) is 0. The van der Waals surface area contributed by atoms with Crippen molar-refractivity contribution < 1.29 is 14.3 Å². The molecule has 0 saturated carbocycles. The lowest BCUT2D eigenvalue weighted by Crippen LogP contribution is -2.68. The minimum absolute atomic E-state index is 0.213. The summed E-state index contributed by atoms with van der Waals surface area (Å²) >= 11 is 0. The lowest BCUT2D eigenvalue weighted by atomic mass is 9.92. The molecule has 2 rings (SSSR count). The van der Waals surface area contributed by atoms with Gasteiger partial charge in [-0.3, -0.25) is 9.69 Å². The van der Waals surface area contributed by atoms with E-state index in [1.807, 2.05) is 0 Å². The van der Waals surface area contributed by atoms with Crippen LogP contribution in [-0.4, -0.2) is 34.5 Å². The van der Waals surface area contributed by atoms with Gasteiger partial charge in [-0.2, -0.15) is 0 Å². The summed E-state index contributed by atoms with van der Waals surface area (Å²) in [5, 5.41) is 0. The van der Waals surface area contributed by atoms with Crippen LogP contribution in [0.1, 0.15) is 20.8 Å². The Morgan fingerprint density at radius 3 is 2.71 bits per heavy atom. The maximum atomic E-state index is 11.9. The highest BCUT2D eigenvalue weighted by molar-refractivity contribution is 6.01. The van der Waals surface area contributed by atoms with Crippen molar-refractivity contribution in [3.05, 3.63) is 23.9 Å². The van der Waals surface area contributed by atoms with Gasteiger partial charge in [-0.15, -0.1) is 0 Å². The highest BCUT2D eigenvalue weighted by Crippen LogP contribution is 2.29. The second-order valence-electron chi connectivity index (χ2n) is 5.16. The van der Waals surface area contributed by atoms with Crippen LogP contribution in [-0.2, 0) is 14.3 Å². The number of carbonyl (C=O) groups is 2. The molecular weight excluding hydrogens is 220 g/mol. The summed E-state index contributed by atoms with van der Waals surface area (Å²) in [6.45, 7) is 5.35. The van der Waals surface area contributed by atoms with Crippen LogP contribution in [0.25, 0.3) is 0 Å². The highest BCUT2D eigenvalue weighted by Gasteiger charge is 2.48. The average Bonchev–Trinajstić information content (AvgIpc) is 2.24. The predicted octanol–water partition coefficient (Wildman–Crippen LogP) is 0.320. The summed E-state index contributed by atoms with van der Waals surface area (Å²) in [4.78, 5) is 24.9. The first-order valence-electron chi connectivity index (χ1n) is 5.52. The average molecular weight is 236 g/mol. The number of hydrogen-bond acceptors (Lipinski definition) is 4. The SMILES string of the molecule is CC(C)(C)OC(=O)C1=CC=C[C@H]2[C@H](N)C(=O)N12. The van der Waals surface area contributed by atoms with E-state index in [0.717, 1.165) is 0 Å². The van der Waals surface area contributed by atoms with E-state index < -0.39 is 17.6 Å². The molecule has 0 spiro atoms. The molecule has 0 bridgehead atoms. The van der Waals surface area contributed by atoms with Crippen molar-refractivity contribution in [1.82, 2.24) is 4.90 Å². The first-order valence-corrected chi connectivity index (χ1v) is 5.52. The molecule has 2 N–H and O–H groups in total. The lowest BCUT2D eigenvalue weighted by Gasteiger charge is -2.45. The number of nitrogens with zero attached hydrogens (tertiary/aromatic N) is 1. The maximum absolute atomic E-state index is 11.9. The van der Waals surface area contributed by atoms with E-state index in [4.69, 9.17) is 10.5 Å². The van der Waals surface area contributed by atoms with Crippen molar-refractivity contribution in [3.63, 3.8) is 0 Å². The summed E-state index contributed by atoms with van der Waals surface area (Å²) in [6.07, 6.45) is 5.11. The van der Waals surface area contributed by atoms with Crippen LogP contribution in [0.5, 0.6) is 0 Å². The van der Waals surface area contributed by atoms with Crippen LogP contribution in [0.2, 0.25) is 0 Å². The molecule has 92 valence electrons. The fourth-order valence-electron chi connectivity index (χ4n) is 1.85. The number of allylic oxidation sites excluding steroid dienone is 2. The van der Waals surface area contributed by atoms with Gasteiger partial charge in [-0.05, 0) is 26.8 Å². The van der Waals surface area contributed by atoms with Crippen molar-refractivity contribution in [1.29, 1.82) is 0 Å². The van der Waals surface area contributed by atoms with Crippen molar-refractivity contribution in [3.8, 4) is 0 Å². The zero-order valence-corrected chi connectivity index (χ0v) is 10.1. The minimum atomic E-state index is -0.579. The molecule has 0 aromatic heterocycles. The fraction of sp³-hybridized carbons (Fsp3) is 0.500. The van der Waals surface area contributed by atoms with Gasteiger partial charge in [0.2, 0.25) is 5.91 Å². The number of amides is 1. The topological polar surface area (TPSA) is 72.6 Å². The summed E-state index contributed by atoms with van der Waals surface area (Å²) in [5.41, 5.74) is 5.33. The van der Waals surface area contributed by atoms with Crippen LogP contribution in [0.3, 0.4) is 0 Å². The van der Waals surface area contributed by atoms with Crippen LogP contribution >= 0.6 is 0 Å². The predicted molar refractivity (Wildman–Crippen MR) is 61.7 cm³/mol. The molecule has 2 atom stereocenters. The second kappa shape index (κ2) is 3.70. The zero-order valence-electron chi connectivity index (χ0n) is 10.1. The van der Waals surface area contributed by atoms with E-state index in [9.17, 15) is 9.59 Å². The number of β-lactam (4-membered cyclic amide) rings is 1. The first-order chi connectivity index (χ1) is 7.81. The van der Waals surface area contributed by atoms with Gasteiger partial charge in [-0.1, -0.05) is 12.2 Å². The Hall–Kier alpha value is -1.62. The molecule has 2 aliphatic heterocycles. The summed E-state index contributed by atoms with van der Waals surface area (Å²) in [5.74, 6) is -0.733. The zero-order chi connectivity index (χ0) is 12.8. The van der Waals surface area contributed by atoms with Gasteiger partial charge in [0.15, 0.2) is 0 Å². The van der Waals surface area contributed by atoms with Gasteiger partial charge in [-0.25, -0.2) is 4.79 Å². The summed E-state index contributed by atoms with van der Waals surface area (Å²) in [6, 6.07) is -0.757. The number of nitrogens with two attached hydrogens (primary N) is 1. The lowest BCUT2D eigenvalue weighted by molar-refractivity contribution is -0.158. The van der Waals surface area contributed by atoms with Gasteiger partial charge in [0, 0.05) is 0 Å². The number of fused-ring (bicyclic) bond motifs is 1. The molecule has 17 heavy (non-hydrogen) atoms. The molecule has 2 aliphatic rings. The number of ether oxygens (including phenoxy) is 1. The molecule has 0 aromatic rings. The van der Waals surface area contributed by atoms with Crippen molar-refractivity contribution in [2.75, 3.05) is 0 Å². The van der Waals surface area contributed by atoms with E-state index >= 15 is 0 Å². The molecule has 0 aliphatic carbocycles. The van der Waals surface area contributed by atoms with Crippen molar-refractivity contribution in [2.24, 2.45) is 5.73 Å². The maximum Gasteiger partial charge on any atom is 0.355 e. The van der Waals surface area contributed by atoms with E-state index in [1.165, 1.54) is 4.90 Å². The Bertz CT molecular complexity index is 432. The number of rotatable bonds is 1. The monoisotopic (exact) mass is 236 g/mol. The van der Waals surface area contributed by atoms with Crippen LogP contribution in [0.4, 0.5) is 0 Å². The first kappa shape index (κ1) is 11.9. The van der Waals surface area contributed by atoms with Crippen LogP contribution < -0.4 is 5.73 Å². The van der Waals surface area contributed by atoms with E-state index in [2.05, 4.69) is 0 Å². The van der Waals surface area contributed by atoms with Gasteiger partial charge >= 0.3 is 5.97 Å². The Morgan fingerprint density at radius 2 is 2.12 bits per heavy atom. The van der Waals surface area contributed by atoms with Crippen molar-refractivity contribution in [2.45, 2.75) is 38.5 Å². The van der Waals surface area contributed by atoms with Gasteiger partial charge in [0.1, 0.15) is 17.3 Å². The largest absolute Gasteiger partial charge is 0.455 e. The quantitative estimate of drug-likeness (QED) is 0.525. The number of esters is 1. The molecule has 0 radical (unpaired) electrons. The minimum Gasteiger partial charge on any atom is -0.455 e. The molecule has 0 unspecified atom stereocenters. The second-order valence-corrected chi connectivity index (χ2v) is 5.16. The molecule has 1 saturated heterocycles. The third kappa shape index (κ3) is 1.98. The van der Waals surface area contributed by atoms with Crippen LogP contribution in [0.15, 0.2) is 23.9 Å². The number of hydrogen-bond donors (Lipinski definition) is 1. The van der Waals surface area contributed by atoms with Crippen LogP contribution in [0, 0.1) is 0 Å². The molecule has 5 heteroatoms. The van der Waals surface area contributed by atoms with Crippen molar-refractivity contribution >= 4 is 11.9 Å². The third-order valence-corrected chi connectivity index (χ3v) is 2.62. The Morgan fingerprint density at radius 1 is 1.47 bits per heavy atom. The smallest absolute Gasteiger partial charge is 0.355 e. The van der Waals surface area contributed by atoms with E-state index in [-0.39, 0.29) is 17.6 Å². The third-order valence-electron chi connectivity index (χ3n) is 2.62. The van der Waals surface area contributed by atoms with Gasteiger partial charge in [0.05, 0.1) is 6.04 Å². The molecule has 5 nitrogen and oxygen atoms in total. The Labute approximate surface area is 99.9 Å². The van der Waals surface area contributed by atoms with E-state index in [0.29, 0.717) is 0 Å². The summed E-state index contributed by atoms with van der Waals surface area (Å²) < 4.78 is 5.24. The van der Waals surface area contributed by atoms with Gasteiger partial charge < -0.3 is 10.5 Å². The highest BCUT2D eigenvalue weighted by atomic mass is 16.6.